The molecule has 0 aliphatic carbocycles. The number of rotatable bonds is 20. The monoisotopic (exact) mass is 378 g/mol. The highest BCUT2D eigenvalue weighted by Gasteiger charge is 2.33. The molecule has 0 amide bonds. The molecule has 0 radical (unpaired) electrons. The molecule has 0 aliphatic heterocycles. The molecule has 0 spiro atoms. The molecule has 0 N–H and O–H groups in total. The van der Waals surface area contributed by atoms with E-state index in [4.69, 9.17) is 23.4 Å². The molecular weight excluding hydrogens is 336 g/mol. The standard InChI is InChI=1S/C19H42O5Si/c1-4-7-15-21-19(22-16-8-5-2,23-17-9-6-3)12-10-13-20-14-11-18-24-25/h4-18H2,1-3,25H3. The molecule has 25 heavy (non-hydrogen) atoms. The fourth-order valence-electron chi connectivity index (χ4n) is 2.26. The van der Waals surface area contributed by atoms with E-state index in [0.29, 0.717) is 32.8 Å². The lowest BCUT2D eigenvalue weighted by molar-refractivity contribution is -0.384. The van der Waals surface area contributed by atoms with E-state index in [1.165, 1.54) is 0 Å². The van der Waals surface area contributed by atoms with Gasteiger partial charge in [0.1, 0.15) is 10.5 Å². The summed E-state index contributed by atoms with van der Waals surface area (Å²) < 4.78 is 29.1. The van der Waals surface area contributed by atoms with Crippen molar-refractivity contribution < 1.29 is 23.4 Å². The van der Waals surface area contributed by atoms with Crippen LogP contribution in [0.2, 0.25) is 0 Å². The highest BCUT2D eigenvalue weighted by atomic mass is 28.2. The van der Waals surface area contributed by atoms with Gasteiger partial charge in [0.15, 0.2) is 0 Å². The highest BCUT2D eigenvalue weighted by Crippen LogP contribution is 2.24. The van der Waals surface area contributed by atoms with E-state index >= 15 is 0 Å². The Hall–Kier alpha value is 0.0169. The third-order valence-electron chi connectivity index (χ3n) is 3.87. The summed E-state index contributed by atoms with van der Waals surface area (Å²) in [6.45, 7) is 10.8. The maximum Gasteiger partial charge on any atom is 0.282 e. The van der Waals surface area contributed by atoms with Crippen LogP contribution in [-0.2, 0) is 23.4 Å². The lowest BCUT2D eigenvalue weighted by Crippen LogP contribution is -2.40. The zero-order chi connectivity index (χ0) is 18.6. The molecule has 0 aromatic rings. The van der Waals surface area contributed by atoms with Crippen LogP contribution in [0, 0.1) is 0 Å². The lowest BCUT2D eigenvalue weighted by atomic mass is 10.2. The largest absolute Gasteiger partial charge is 0.428 e. The second kappa shape index (κ2) is 18.8. The summed E-state index contributed by atoms with van der Waals surface area (Å²) in [6.07, 6.45) is 8.91. The maximum atomic E-state index is 6.09. The van der Waals surface area contributed by atoms with Gasteiger partial charge in [-0.15, -0.1) is 0 Å². The first-order chi connectivity index (χ1) is 12.2. The van der Waals surface area contributed by atoms with E-state index in [2.05, 4.69) is 20.8 Å². The number of unbranched alkanes of at least 4 members (excludes halogenated alkanes) is 3. The minimum Gasteiger partial charge on any atom is -0.428 e. The molecule has 5 nitrogen and oxygen atoms in total. The Morgan fingerprint density at radius 1 is 0.600 bits per heavy atom. The molecule has 0 aromatic heterocycles. The van der Waals surface area contributed by atoms with Crippen molar-refractivity contribution in [2.45, 2.75) is 84.5 Å². The number of hydrogen-bond acceptors (Lipinski definition) is 5. The first-order valence-electron chi connectivity index (χ1n) is 10.2. The molecule has 0 unspecified atom stereocenters. The number of hydrogen-bond donors (Lipinski definition) is 0. The SMILES string of the molecule is CCCCOC(CCCOCCCO[SiH3])(OCCCC)OCCCC. The molecule has 0 aliphatic rings. The Kier molecular flexibility index (Phi) is 18.8. The topological polar surface area (TPSA) is 46.2 Å². The minimum atomic E-state index is -0.902. The van der Waals surface area contributed by atoms with E-state index in [9.17, 15) is 0 Å². The van der Waals surface area contributed by atoms with Gasteiger partial charge in [-0.25, -0.2) is 0 Å². The average molecular weight is 379 g/mol. The Balaban J connectivity index is 4.43. The predicted octanol–water partition coefficient (Wildman–Crippen LogP) is 3.57. The van der Waals surface area contributed by atoms with Gasteiger partial charge in [-0.1, -0.05) is 40.0 Å². The van der Waals surface area contributed by atoms with Gasteiger partial charge >= 0.3 is 0 Å². The van der Waals surface area contributed by atoms with Crippen LogP contribution in [-0.4, -0.2) is 56.1 Å². The van der Waals surface area contributed by atoms with Crippen LogP contribution in [0.1, 0.15) is 78.6 Å². The highest BCUT2D eigenvalue weighted by molar-refractivity contribution is 5.97. The van der Waals surface area contributed by atoms with E-state index in [1.807, 2.05) is 0 Å². The van der Waals surface area contributed by atoms with Crippen molar-refractivity contribution in [3.05, 3.63) is 0 Å². The Bertz CT molecular complexity index is 240. The zero-order valence-corrected chi connectivity index (χ0v) is 19.1. The first kappa shape index (κ1) is 25.0. The lowest BCUT2D eigenvalue weighted by Gasteiger charge is -2.33. The van der Waals surface area contributed by atoms with Gasteiger partial charge in [-0.3, -0.25) is 0 Å². The summed E-state index contributed by atoms with van der Waals surface area (Å²) in [4.78, 5) is 0. The van der Waals surface area contributed by atoms with Gasteiger partial charge in [0, 0.05) is 26.2 Å². The van der Waals surface area contributed by atoms with Crippen molar-refractivity contribution in [2.24, 2.45) is 0 Å². The normalized spacial score (nSPS) is 12.1. The minimum absolute atomic E-state index is 0.674. The van der Waals surface area contributed by atoms with E-state index in [1.54, 1.807) is 0 Å². The molecule has 0 aromatic carbocycles. The third-order valence-corrected chi connectivity index (χ3v) is 4.28. The van der Waals surface area contributed by atoms with Gasteiger partial charge < -0.3 is 23.4 Å². The van der Waals surface area contributed by atoms with Crippen LogP contribution < -0.4 is 0 Å². The molecule has 152 valence electrons. The second-order valence-electron chi connectivity index (χ2n) is 6.35. The molecule has 0 atom stereocenters. The van der Waals surface area contributed by atoms with Crippen molar-refractivity contribution in [1.29, 1.82) is 0 Å². The smallest absolute Gasteiger partial charge is 0.282 e. The molecule has 0 saturated carbocycles. The van der Waals surface area contributed by atoms with Gasteiger partial charge in [0.05, 0.1) is 19.8 Å². The van der Waals surface area contributed by atoms with Crippen LogP contribution in [0.15, 0.2) is 0 Å². The number of ether oxygens (including phenoxy) is 4. The summed E-state index contributed by atoms with van der Waals surface area (Å²) in [5.41, 5.74) is 0. The van der Waals surface area contributed by atoms with Gasteiger partial charge in [-0.2, -0.15) is 0 Å². The fourth-order valence-corrected chi connectivity index (χ4v) is 2.54. The van der Waals surface area contributed by atoms with Gasteiger partial charge in [0.2, 0.25) is 0 Å². The average Bonchev–Trinajstić information content (AvgIpc) is 2.61. The molecule has 0 rings (SSSR count). The fraction of sp³-hybridized carbons (Fsp3) is 1.00. The summed E-state index contributed by atoms with van der Waals surface area (Å²) in [7, 11) is 0.799. The summed E-state index contributed by atoms with van der Waals surface area (Å²) in [6, 6.07) is 0. The Labute approximate surface area is 158 Å². The summed E-state index contributed by atoms with van der Waals surface area (Å²) >= 11 is 0. The molecule has 0 fully saturated rings. The quantitative estimate of drug-likeness (QED) is 0.184. The molecule has 6 heteroatoms. The molecular formula is C19H42O5Si. The van der Waals surface area contributed by atoms with Crippen molar-refractivity contribution in [2.75, 3.05) is 39.6 Å². The first-order valence-corrected chi connectivity index (χ1v) is 11.0. The second-order valence-corrected chi connectivity index (χ2v) is 6.93. The van der Waals surface area contributed by atoms with Gasteiger partial charge in [0.25, 0.3) is 5.97 Å². The van der Waals surface area contributed by atoms with Crippen LogP contribution in [0.25, 0.3) is 0 Å². The van der Waals surface area contributed by atoms with Crippen LogP contribution in [0.4, 0.5) is 0 Å². The Morgan fingerprint density at radius 3 is 1.52 bits per heavy atom. The van der Waals surface area contributed by atoms with Gasteiger partial charge in [-0.05, 0) is 32.1 Å². The van der Waals surface area contributed by atoms with E-state index < -0.39 is 5.97 Å². The maximum absolute atomic E-state index is 6.09. The predicted molar refractivity (Wildman–Crippen MR) is 106 cm³/mol. The van der Waals surface area contributed by atoms with Crippen molar-refractivity contribution >= 4 is 10.5 Å². The van der Waals surface area contributed by atoms with Crippen LogP contribution in [0.5, 0.6) is 0 Å². The third kappa shape index (κ3) is 14.8. The van der Waals surface area contributed by atoms with Crippen molar-refractivity contribution in [1.82, 2.24) is 0 Å². The summed E-state index contributed by atoms with van der Waals surface area (Å²) in [5, 5.41) is 0. The van der Waals surface area contributed by atoms with Crippen LogP contribution >= 0.6 is 0 Å². The summed E-state index contributed by atoms with van der Waals surface area (Å²) in [5.74, 6) is -0.902. The molecule has 0 bridgehead atoms. The zero-order valence-electron chi connectivity index (χ0n) is 17.1. The van der Waals surface area contributed by atoms with Crippen LogP contribution in [0.3, 0.4) is 0 Å². The van der Waals surface area contributed by atoms with E-state index in [0.717, 1.165) is 75.1 Å². The molecule has 0 heterocycles. The van der Waals surface area contributed by atoms with E-state index in [-0.39, 0.29) is 0 Å². The molecule has 0 saturated heterocycles. The van der Waals surface area contributed by atoms with Crippen molar-refractivity contribution in [3.8, 4) is 0 Å². The van der Waals surface area contributed by atoms with Crippen molar-refractivity contribution in [3.63, 3.8) is 0 Å². The Morgan fingerprint density at radius 2 is 1.08 bits per heavy atom.